The van der Waals surface area contributed by atoms with Crippen molar-refractivity contribution >= 4 is 22.7 Å². The van der Waals surface area contributed by atoms with Crippen molar-refractivity contribution in [1.82, 2.24) is 0 Å². The summed E-state index contributed by atoms with van der Waals surface area (Å²) in [6.07, 6.45) is 0.161. The number of fused-ring (bicyclic) bond motifs is 1. The van der Waals surface area contributed by atoms with Crippen LogP contribution in [0.25, 0.3) is 10.8 Å². The Hall–Kier alpha value is -2.56. The van der Waals surface area contributed by atoms with Crippen LogP contribution in [0.5, 0.6) is 5.75 Å². The van der Waals surface area contributed by atoms with Crippen LogP contribution >= 0.6 is 0 Å². The third-order valence-corrected chi connectivity index (χ3v) is 4.11. The lowest BCUT2D eigenvalue weighted by molar-refractivity contribution is -0.163. The summed E-state index contributed by atoms with van der Waals surface area (Å²) in [7, 11) is 1.64. The predicted molar refractivity (Wildman–Crippen MR) is 109 cm³/mol. The molecule has 28 heavy (non-hydrogen) atoms. The molecule has 0 aliphatic heterocycles. The van der Waals surface area contributed by atoms with Crippen molar-refractivity contribution in [1.29, 1.82) is 0 Å². The summed E-state index contributed by atoms with van der Waals surface area (Å²) in [6, 6.07) is 11.8. The van der Waals surface area contributed by atoms with Gasteiger partial charge in [-0.25, -0.2) is 0 Å². The van der Waals surface area contributed by atoms with Gasteiger partial charge in [-0.3, -0.25) is 9.59 Å². The van der Waals surface area contributed by atoms with Crippen molar-refractivity contribution in [3.63, 3.8) is 0 Å². The van der Waals surface area contributed by atoms with Gasteiger partial charge in [-0.15, -0.1) is 0 Å². The molecule has 0 spiro atoms. The molecule has 0 saturated carbocycles. The highest BCUT2D eigenvalue weighted by Gasteiger charge is 2.27. The van der Waals surface area contributed by atoms with Gasteiger partial charge in [0.2, 0.25) is 0 Å². The third-order valence-electron chi connectivity index (χ3n) is 4.11. The molecule has 5 nitrogen and oxygen atoms in total. The minimum atomic E-state index is -0.592. The first-order valence-electron chi connectivity index (χ1n) is 9.56. The van der Waals surface area contributed by atoms with Crippen molar-refractivity contribution in [2.75, 3.05) is 7.11 Å². The first kappa shape index (κ1) is 21.7. The van der Waals surface area contributed by atoms with Gasteiger partial charge in [0, 0.05) is 0 Å². The normalized spacial score (nSPS) is 12.7. The van der Waals surface area contributed by atoms with Gasteiger partial charge in [-0.1, -0.05) is 24.3 Å². The number of rotatable bonds is 7. The molecule has 0 heterocycles. The highest BCUT2D eigenvalue weighted by atomic mass is 16.6. The quantitative estimate of drug-likeness (QED) is 0.646. The van der Waals surface area contributed by atoms with Crippen LogP contribution in [0.2, 0.25) is 0 Å². The lowest BCUT2D eigenvalue weighted by Crippen LogP contribution is -2.30. The molecular weight excluding hydrogens is 356 g/mol. The second-order valence-electron chi connectivity index (χ2n) is 8.22. The number of hydrogen-bond acceptors (Lipinski definition) is 5. The maximum absolute atomic E-state index is 12.6. The minimum absolute atomic E-state index is 0.0104. The van der Waals surface area contributed by atoms with Crippen molar-refractivity contribution in [2.24, 2.45) is 5.92 Å². The Morgan fingerprint density at radius 3 is 2.25 bits per heavy atom. The van der Waals surface area contributed by atoms with Crippen LogP contribution in [0.3, 0.4) is 0 Å². The van der Waals surface area contributed by atoms with Crippen molar-refractivity contribution in [3.05, 3.63) is 42.0 Å². The number of benzene rings is 2. The lowest BCUT2D eigenvalue weighted by Gasteiger charge is -2.22. The third kappa shape index (κ3) is 6.55. The molecule has 0 aliphatic carbocycles. The van der Waals surface area contributed by atoms with Gasteiger partial charge in [0.25, 0.3) is 0 Å². The Kier molecular flexibility index (Phi) is 7.05. The van der Waals surface area contributed by atoms with E-state index in [0.717, 1.165) is 22.1 Å². The monoisotopic (exact) mass is 386 g/mol. The summed E-state index contributed by atoms with van der Waals surface area (Å²) in [4.78, 5) is 24.8. The molecule has 0 bridgehead atoms. The number of ether oxygens (including phenoxy) is 3. The fraction of sp³-hybridized carbons (Fsp3) is 0.478. The summed E-state index contributed by atoms with van der Waals surface area (Å²) in [5, 5.41) is 2.10. The highest BCUT2D eigenvalue weighted by Crippen LogP contribution is 2.24. The summed E-state index contributed by atoms with van der Waals surface area (Å²) in [5.41, 5.74) is 0.373. The number of hydrogen-bond donors (Lipinski definition) is 0. The molecule has 152 valence electrons. The van der Waals surface area contributed by atoms with E-state index in [4.69, 9.17) is 14.2 Å². The number of carbonyl (C=O) groups excluding carboxylic acids is 2. The Bertz CT molecular complexity index is 832. The fourth-order valence-electron chi connectivity index (χ4n) is 2.96. The first-order valence-corrected chi connectivity index (χ1v) is 9.56. The van der Waals surface area contributed by atoms with Crippen molar-refractivity contribution in [3.8, 4) is 5.75 Å². The minimum Gasteiger partial charge on any atom is -0.497 e. The fourth-order valence-corrected chi connectivity index (χ4v) is 2.96. The second kappa shape index (κ2) is 9.09. The zero-order chi connectivity index (χ0) is 20.9. The van der Waals surface area contributed by atoms with Gasteiger partial charge < -0.3 is 14.2 Å². The second-order valence-corrected chi connectivity index (χ2v) is 8.22. The van der Waals surface area contributed by atoms with Crippen LogP contribution in [-0.2, 0) is 25.5 Å². The van der Waals surface area contributed by atoms with Gasteiger partial charge in [-0.2, -0.15) is 0 Å². The summed E-state index contributed by atoms with van der Waals surface area (Å²) >= 11 is 0. The maximum Gasteiger partial charge on any atom is 0.310 e. The molecule has 2 rings (SSSR count). The molecular formula is C23H30O5. The van der Waals surface area contributed by atoms with Crippen molar-refractivity contribution in [2.45, 2.75) is 59.2 Å². The van der Waals surface area contributed by atoms with Gasteiger partial charge in [0.05, 0.1) is 25.6 Å². The molecule has 0 saturated heterocycles. The molecule has 0 amide bonds. The molecule has 0 fully saturated rings. The summed E-state index contributed by atoms with van der Waals surface area (Å²) in [6.45, 7) is 9.02. The molecule has 0 aliphatic rings. The average Bonchev–Trinajstić information content (AvgIpc) is 2.58. The topological polar surface area (TPSA) is 61.8 Å². The Morgan fingerprint density at radius 2 is 1.64 bits per heavy atom. The molecule has 0 radical (unpaired) electrons. The summed E-state index contributed by atoms with van der Waals surface area (Å²) in [5.74, 6) is -0.573. The van der Waals surface area contributed by atoms with E-state index in [-0.39, 0.29) is 18.5 Å². The smallest absolute Gasteiger partial charge is 0.310 e. The van der Waals surface area contributed by atoms with Gasteiger partial charge >= 0.3 is 11.9 Å². The molecule has 1 atom stereocenters. The predicted octanol–water partition coefficient (Wildman–Crippen LogP) is 4.69. The molecule has 2 aromatic carbocycles. The number of carbonyl (C=O) groups is 2. The number of methoxy groups -OCH3 is 1. The standard InChI is InChI=1S/C23H30O5/c1-15(2)27-22(25)19(14-21(24)28-23(3,4)5)12-16-7-8-18-13-20(26-6)10-9-17(18)11-16/h7-11,13,15,19H,12,14H2,1-6H3/t19-/m0/s1. The Labute approximate surface area is 167 Å². The van der Waals surface area contributed by atoms with Gasteiger partial charge in [0.15, 0.2) is 0 Å². The number of esters is 2. The van der Waals surface area contributed by atoms with Crippen LogP contribution < -0.4 is 4.74 Å². The van der Waals surface area contributed by atoms with E-state index in [9.17, 15) is 9.59 Å². The van der Waals surface area contributed by atoms with Gasteiger partial charge in [-0.05, 0) is 69.5 Å². The largest absolute Gasteiger partial charge is 0.497 e. The van der Waals surface area contributed by atoms with E-state index in [2.05, 4.69) is 0 Å². The van der Waals surface area contributed by atoms with Crippen LogP contribution in [0.15, 0.2) is 36.4 Å². The van der Waals surface area contributed by atoms with Crippen LogP contribution in [-0.4, -0.2) is 30.8 Å². The SMILES string of the molecule is COc1ccc2cc(C[C@@H](CC(=O)OC(C)(C)C)C(=O)OC(C)C)ccc2c1. The van der Waals surface area contributed by atoms with Gasteiger partial charge in [0.1, 0.15) is 11.4 Å². The van der Waals surface area contributed by atoms with E-state index >= 15 is 0 Å². The lowest BCUT2D eigenvalue weighted by atomic mass is 9.94. The molecule has 2 aromatic rings. The highest BCUT2D eigenvalue weighted by molar-refractivity contribution is 5.85. The van der Waals surface area contributed by atoms with E-state index in [0.29, 0.717) is 6.42 Å². The summed E-state index contributed by atoms with van der Waals surface area (Å²) < 4.78 is 16.0. The van der Waals surface area contributed by atoms with Crippen LogP contribution in [0.4, 0.5) is 0 Å². The van der Waals surface area contributed by atoms with Crippen molar-refractivity contribution < 1.29 is 23.8 Å². The molecule has 0 aromatic heterocycles. The zero-order valence-electron chi connectivity index (χ0n) is 17.6. The average molecular weight is 386 g/mol. The van der Waals surface area contributed by atoms with E-state index in [1.54, 1.807) is 21.0 Å². The Balaban J connectivity index is 2.21. The van der Waals surface area contributed by atoms with E-state index in [1.807, 2.05) is 57.2 Å². The molecule has 0 unspecified atom stereocenters. The molecule has 5 heteroatoms. The van der Waals surface area contributed by atoms with Crippen LogP contribution in [0, 0.1) is 5.92 Å². The van der Waals surface area contributed by atoms with Crippen LogP contribution in [0.1, 0.15) is 46.6 Å². The zero-order valence-corrected chi connectivity index (χ0v) is 17.6. The van der Waals surface area contributed by atoms with E-state index < -0.39 is 17.5 Å². The van der Waals surface area contributed by atoms with E-state index in [1.165, 1.54) is 0 Å². The Morgan fingerprint density at radius 1 is 1.00 bits per heavy atom. The first-order chi connectivity index (χ1) is 13.1. The molecule has 0 N–H and O–H groups in total. The maximum atomic E-state index is 12.6.